The Bertz CT molecular complexity index is 844. The number of amides is 2. The van der Waals surface area contributed by atoms with Crippen molar-refractivity contribution in [1.82, 2.24) is 4.90 Å². The molecule has 1 fully saturated rings. The molecular weight excluding hydrogens is 334 g/mol. The van der Waals surface area contributed by atoms with Crippen molar-refractivity contribution in [2.75, 3.05) is 6.54 Å². The molecule has 2 aromatic rings. The molecular formula is C20H19NO3S. The number of aryl methyl sites for hydroxylation is 1. The lowest BCUT2D eigenvalue weighted by Gasteiger charge is -2.10. The van der Waals surface area contributed by atoms with Crippen molar-refractivity contribution < 1.29 is 14.3 Å². The third kappa shape index (κ3) is 3.94. The molecule has 0 aromatic heterocycles. The van der Waals surface area contributed by atoms with Gasteiger partial charge in [-0.2, -0.15) is 0 Å². The molecule has 1 heterocycles. The van der Waals surface area contributed by atoms with Crippen LogP contribution in [0.5, 0.6) is 5.75 Å². The number of para-hydroxylation sites is 1. The van der Waals surface area contributed by atoms with Gasteiger partial charge in [-0.15, -0.1) is 0 Å². The number of ether oxygens (including phenoxy) is 1. The van der Waals surface area contributed by atoms with Gasteiger partial charge in [-0.3, -0.25) is 14.5 Å². The lowest BCUT2D eigenvalue weighted by atomic mass is 10.1. The molecule has 0 atom stereocenters. The van der Waals surface area contributed by atoms with Crippen molar-refractivity contribution in [2.24, 2.45) is 0 Å². The number of hydrogen-bond acceptors (Lipinski definition) is 4. The number of rotatable bonds is 5. The van der Waals surface area contributed by atoms with Gasteiger partial charge in [0, 0.05) is 12.1 Å². The van der Waals surface area contributed by atoms with Gasteiger partial charge in [0.25, 0.3) is 11.1 Å². The maximum Gasteiger partial charge on any atom is 0.293 e. The van der Waals surface area contributed by atoms with Gasteiger partial charge in [0.1, 0.15) is 12.4 Å². The van der Waals surface area contributed by atoms with Crippen LogP contribution in [0.25, 0.3) is 6.08 Å². The first-order valence-corrected chi connectivity index (χ1v) is 8.93. The zero-order valence-electron chi connectivity index (χ0n) is 14.2. The van der Waals surface area contributed by atoms with Gasteiger partial charge in [0.15, 0.2) is 0 Å². The Morgan fingerprint density at radius 1 is 1.12 bits per heavy atom. The second-order valence-electron chi connectivity index (χ2n) is 5.74. The van der Waals surface area contributed by atoms with Crippen molar-refractivity contribution in [2.45, 2.75) is 20.5 Å². The number of hydrogen-bond donors (Lipinski definition) is 0. The second kappa shape index (κ2) is 7.57. The molecule has 0 spiro atoms. The van der Waals surface area contributed by atoms with E-state index >= 15 is 0 Å². The van der Waals surface area contributed by atoms with E-state index in [9.17, 15) is 9.59 Å². The highest BCUT2D eigenvalue weighted by molar-refractivity contribution is 8.18. The van der Waals surface area contributed by atoms with Crippen LogP contribution in [0.3, 0.4) is 0 Å². The van der Waals surface area contributed by atoms with Crippen LogP contribution in [0.15, 0.2) is 53.4 Å². The standard InChI is InChI=1S/C20H19NO3S/c1-3-21-19(22)18(25-20(21)23)12-16-9-4-5-10-17(16)24-13-15-8-6-7-14(2)11-15/h4-12H,3,13H2,1-2H3/b18-12+. The molecule has 0 aliphatic carbocycles. The molecule has 5 heteroatoms. The number of imide groups is 1. The van der Waals surface area contributed by atoms with E-state index in [2.05, 4.69) is 6.07 Å². The normalized spacial score (nSPS) is 15.9. The van der Waals surface area contributed by atoms with E-state index in [1.54, 1.807) is 13.0 Å². The maximum atomic E-state index is 12.3. The first-order valence-electron chi connectivity index (χ1n) is 8.11. The molecule has 25 heavy (non-hydrogen) atoms. The van der Waals surface area contributed by atoms with Gasteiger partial charge in [-0.25, -0.2) is 0 Å². The number of thioether (sulfide) groups is 1. The van der Waals surface area contributed by atoms with Crippen LogP contribution < -0.4 is 4.74 Å². The minimum absolute atomic E-state index is 0.225. The number of benzene rings is 2. The smallest absolute Gasteiger partial charge is 0.293 e. The van der Waals surface area contributed by atoms with Gasteiger partial charge in [-0.1, -0.05) is 48.0 Å². The fourth-order valence-corrected chi connectivity index (χ4v) is 3.50. The van der Waals surface area contributed by atoms with E-state index in [0.29, 0.717) is 23.8 Å². The summed E-state index contributed by atoms with van der Waals surface area (Å²) in [6.45, 7) is 4.66. The van der Waals surface area contributed by atoms with E-state index < -0.39 is 0 Å². The van der Waals surface area contributed by atoms with Crippen molar-refractivity contribution in [3.05, 3.63) is 70.1 Å². The van der Waals surface area contributed by atoms with E-state index in [1.165, 1.54) is 10.5 Å². The molecule has 4 nitrogen and oxygen atoms in total. The Labute approximate surface area is 151 Å². The van der Waals surface area contributed by atoms with Crippen LogP contribution in [0, 0.1) is 6.92 Å². The van der Waals surface area contributed by atoms with Crippen molar-refractivity contribution in [3.8, 4) is 5.75 Å². The number of likely N-dealkylation sites (N-methyl/N-ethyl adjacent to an activating group) is 1. The molecule has 2 amide bonds. The van der Waals surface area contributed by atoms with Gasteiger partial charge < -0.3 is 4.74 Å². The molecule has 1 saturated heterocycles. The Morgan fingerprint density at radius 3 is 2.64 bits per heavy atom. The van der Waals surface area contributed by atoms with E-state index in [4.69, 9.17) is 4.74 Å². The lowest BCUT2D eigenvalue weighted by molar-refractivity contribution is -0.122. The van der Waals surface area contributed by atoms with E-state index in [-0.39, 0.29) is 11.1 Å². The molecule has 2 aromatic carbocycles. The Morgan fingerprint density at radius 2 is 1.92 bits per heavy atom. The number of carbonyl (C=O) groups is 2. The average molecular weight is 353 g/mol. The Balaban J connectivity index is 1.81. The number of nitrogens with zero attached hydrogens (tertiary/aromatic N) is 1. The minimum Gasteiger partial charge on any atom is -0.488 e. The fraction of sp³-hybridized carbons (Fsp3) is 0.200. The summed E-state index contributed by atoms with van der Waals surface area (Å²) >= 11 is 0.969. The van der Waals surface area contributed by atoms with E-state index in [1.807, 2.05) is 49.4 Å². The summed E-state index contributed by atoms with van der Waals surface area (Å²) < 4.78 is 5.94. The monoisotopic (exact) mass is 353 g/mol. The highest BCUT2D eigenvalue weighted by Gasteiger charge is 2.33. The quantitative estimate of drug-likeness (QED) is 0.735. The highest BCUT2D eigenvalue weighted by atomic mass is 32.2. The van der Waals surface area contributed by atoms with Gasteiger partial charge in [-0.05, 0) is 43.3 Å². The third-order valence-electron chi connectivity index (χ3n) is 3.87. The predicted octanol–water partition coefficient (Wildman–Crippen LogP) is 4.63. The third-order valence-corrected chi connectivity index (χ3v) is 4.78. The molecule has 1 aliphatic heterocycles. The summed E-state index contributed by atoms with van der Waals surface area (Å²) in [5, 5.41) is -0.225. The molecule has 0 radical (unpaired) electrons. The largest absolute Gasteiger partial charge is 0.488 e. The predicted molar refractivity (Wildman–Crippen MR) is 100 cm³/mol. The molecule has 0 saturated carbocycles. The summed E-state index contributed by atoms with van der Waals surface area (Å²) in [5.41, 5.74) is 3.06. The maximum absolute atomic E-state index is 12.3. The van der Waals surface area contributed by atoms with Crippen LogP contribution in [-0.2, 0) is 11.4 Å². The van der Waals surface area contributed by atoms with Gasteiger partial charge >= 0.3 is 0 Å². The highest BCUT2D eigenvalue weighted by Crippen LogP contribution is 2.33. The summed E-state index contributed by atoms with van der Waals surface area (Å²) in [6, 6.07) is 15.7. The molecule has 0 N–H and O–H groups in total. The molecule has 0 unspecified atom stereocenters. The van der Waals surface area contributed by atoms with Crippen molar-refractivity contribution >= 4 is 29.0 Å². The summed E-state index contributed by atoms with van der Waals surface area (Å²) in [5.74, 6) is 0.443. The SMILES string of the molecule is CCN1C(=O)S/C(=C/c2ccccc2OCc2cccc(C)c2)C1=O. The second-order valence-corrected chi connectivity index (χ2v) is 6.73. The number of carbonyl (C=O) groups excluding carboxylic acids is 2. The van der Waals surface area contributed by atoms with Crippen LogP contribution >= 0.6 is 11.8 Å². The van der Waals surface area contributed by atoms with Crippen LogP contribution in [0.2, 0.25) is 0 Å². The summed E-state index contributed by atoms with van der Waals surface area (Å²) in [6.07, 6.45) is 1.73. The molecule has 128 valence electrons. The van der Waals surface area contributed by atoms with Crippen molar-refractivity contribution in [1.29, 1.82) is 0 Å². The average Bonchev–Trinajstić information content (AvgIpc) is 2.87. The van der Waals surface area contributed by atoms with Gasteiger partial charge in [0.05, 0.1) is 4.91 Å². The first-order chi connectivity index (χ1) is 12.1. The minimum atomic E-state index is -0.244. The van der Waals surface area contributed by atoms with E-state index in [0.717, 1.165) is 22.9 Å². The Kier molecular flexibility index (Phi) is 5.24. The van der Waals surface area contributed by atoms with Crippen LogP contribution in [0.4, 0.5) is 4.79 Å². The van der Waals surface area contributed by atoms with Crippen molar-refractivity contribution in [3.63, 3.8) is 0 Å². The zero-order chi connectivity index (χ0) is 17.8. The Hall–Kier alpha value is -2.53. The van der Waals surface area contributed by atoms with Crippen LogP contribution in [0.1, 0.15) is 23.6 Å². The molecule has 1 aliphatic rings. The fourth-order valence-electron chi connectivity index (χ4n) is 2.61. The zero-order valence-corrected chi connectivity index (χ0v) is 15.0. The van der Waals surface area contributed by atoms with Crippen LogP contribution in [-0.4, -0.2) is 22.6 Å². The topological polar surface area (TPSA) is 46.6 Å². The summed E-state index contributed by atoms with van der Waals surface area (Å²) in [4.78, 5) is 25.8. The first kappa shape index (κ1) is 17.3. The molecule has 3 rings (SSSR count). The lowest BCUT2D eigenvalue weighted by Crippen LogP contribution is -2.27. The van der Waals surface area contributed by atoms with Gasteiger partial charge in [0.2, 0.25) is 0 Å². The molecule has 0 bridgehead atoms. The summed E-state index contributed by atoms with van der Waals surface area (Å²) in [7, 11) is 0.